The topological polar surface area (TPSA) is 77.0 Å². The van der Waals surface area contributed by atoms with E-state index in [0.29, 0.717) is 5.69 Å². The summed E-state index contributed by atoms with van der Waals surface area (Å²) < 4.78 is 38.6. The van der Waals surface area contributed by atoms with Crippen molar-refractivity contribution in [2.24, 2.45) is 11.7 Å². The Balaban J connectivity index is 2.71. The quantitative estimate of drug-likeness (QED) is 0.841. The highest BCUT2D eigenvalue weighted by molar-refractivity contribution is 5.76. The Kier molecular flexibility index (Phi) is 5.49. The first-order chi connectivity index (χ1) is 9.21. The van der Waals surface area contributed by atoms with Gasteiger partial charge in [-0.15, -0.1) is 5.10 Å². The van der Waals surface area contributed by atoms with Crippen molar-refractivity contribution < 1.29 is 18.0 Å². The van der Waals surface area contributed by atoms with E-state index in [9.17, 15) is 18.0 Å². The Hall–Kier alpha value is -1.64. The van der Waals surface area contributed by atoms with Gasteiger partial charge in [0.2, 0.25) is 5.91 Å². The van der Waals surface area contributed by atoms with E-state index in [1.807, 2.05) is 0 Å². The molecule has 2 N–H and O–H groups in total. The van der Waals surface area contributed by atoms with E-state index in [-0.39, 0.29) is 25.6 Å². The van der Waals surface area contributed by atoms with Crippen LogP contribution in [0.4, 0.5) is 13.2 Å². The van der Waals surface area contributed by atoms with E-state index in [0.717, 1.165) is 4.90 Å². The number of alkyl halides is 3. The lowest BCUT2D eigenvalue weighted by atomic mass is 10.2. The molecule has 0 spiro atoms. The van der Waals surface area contributed by atoms with Crippen molar-refractivity contribution >= 4 is 5.91 Å². The van der Waals surface area contributed by atoms with Crippen LogP contribution in [0.1, 0.15) is 19.5 Å². The van der Waals surface area contributed by atoms with Crippen LogP contribution in [-0.2, 0) is 17.9 Å². The average Bonchev–Trinajstić information content (AvgIpc) is 2.73. The van der Waals surface area contributed by atoms with Crippen molar-refractivity contribution in [2.75, 3.05) is 13.1 Å². The second-order valence-corrected chi connectivity index (χ2v) is 4.89. The lowest BCUT2D eigenvalue weighted by Crippen LogP contribution is -2.42. The third-order valence-corrected chi connectivity index (χ3v) is 2.40. The third-order valence-electron chi connectivity index (χ3n) is 2.40. The fourth-order valence-corrected chi connectivity index (χ4v) is 1.66. The summed E-state index contributed by atoms with van der Waals surface area (Å²) in [6, 6.07) is 0. The summed E-state index contributed by atoms with van der Waals surface area (Å²) in [5.41, 5.74) is 5.82. The molecule has 0 atom stereocenters. The van der Waals surface area contributed by atoms with Gasteiger partial charge in [0.25, 0.3) is 0 Å². The summed E-state index contributed by atoms with van der Waals surface area (Å²) in [5.74, 6) is -0.707. The van der Waals surface area contributed by atoms with Gasteiger partial charge in [-0.1, -0.05) is 19.1 Å². The van der Waals surface area contributed by atoms with Crippen molar-refractivity contribution in [1.29, 1.82) is 0 Å². The molecule has 0 aliphatic heterocycles. The number of hydrogen-bond donors (Lipinski definition) is 1. The molecule has 0 fully saturated rings. The first-order valence-electron chi connectivity index (χ1n) is 6.15. The van der Waals surface area contributed by atoms with Crippen molar-refractivity contribution in [3.05, 3.63) is 11.9 Å². The minimum Gasteiger partial charge on any atom is -0.332 e. The lowest BCUT2D eigenvalue weighted by molar-refractivity contribution is -0.162. The normalized spacial score (nSPS) is 11.9. The Morgan fingerprint density at radius 1 is 1.50 bits per heavy atom. The molecule has 6 nitrogen and oxygen atoms in total. The maximum Gasteiger partial charge on any atom is 0.406 e. The number of halogens is 3. The second kappa shape index (κ2) is 6.69. The number of rotatable bonds is 6. The van der Waals surface area contributed by atoms with Crippen LogP contribution in [0.25, 0.3) is 0 Å². The van der Waals surface area contributed by atoms with Gasteiger partial charge in [-0.3, -0.25) is 4.79 Å². The molecule has 0 saturated carbocycles. The molecule has 0 radical (unpaired) electrons. The molecule has 0 unspecified atom stereocenters. The molecule has 114 valence electrons. The highest BCUT2D eigenvalue weighted by atomic mass is 19.4. The SMILES string of the molecule is CC(C)CN(CC(F)(F)F)C(=O)Cn1cc(CN)nn1. The number of amides is 1. The van der Waals surface area contributed by atoms with Crippen LogP contribution < -0.4 is 5.73 Å². The minimum absolute atomic E-state index is 0.0385. The Labute approximate surface area is 114 Å². The molecule has 1 aromatic heterocycles. The van der Waals surface area contributed by atoms with Crippen molar-refractivity contribution in [2.45, 2.75) is 33.1 Å². The fourth-order valence-electron chi connectivity index (χ4n) is 1.66. The van der Waals surface area contributed by atoms with Gasteiger partial charge in [-0.25, -0.2) is 4.68 Å². The summed E-state index contributed by atoms with van der Waals surface area (Å²) >= 11 is 0. The van der Waals surface area contributed by atoms with Crippen LogP contribution >= 0.6 is 0 Å². The number of hydrogen-bond acceptors (Lipinski definition) is 4. The van der Waals surface area contributed by atoms with Crippen LogP contribution in [0.3, 0.4) is 0 Å². The molecule has 0 aliphatic rings. The van der Waals surface area contributed by atoms with E-state index in [2.05, 4.69) is 10.3 Å². The van der Waals surface area contributed by atoms with Crippen LogP contribution in [-0.4, -0.2) is 45.1 Å². The fraction of sp³-hybridized carbons (Fsp3) is 0.727. The number of nitrogens with two attached hydrogens (primary N) is 1. The van der Waals surface area contributed by atoms with Crippen LogP contribution in [0.5, 0.6) is 0 Å². The second-order valence-electron chi connectivity index (χ2n) is 4.89. The maximum absolute atomic E-state index is 12.5. The summed E-state index contributed by atoms with van der Waals surface area (Å²) in [6.07, 6.45) is -2.98. The number of carbonyl (C=O) groups is 1. The molecular formula is C11H18F3N5O. The predicted molar refractivity (Wildman–Crippen MR) is 65.4 cm³/mol. The Morgan fingerprint density at radius 2 is 2.15 bits per heavy atom. The number of nitrogens with zero attached hydrogens (tertiary/aromatic N) is 4. The summed E-state index contributed by atoms with van der Waals surface area (Å²) in [4.78, 5) is 12.7. The van der Waals surface area contributed by atoms with Gasteiger partial charge < -0.3 is 10.6 Å². The van der Waals surface area contributed by atoms with Gasteiger partial charge in [-0.05, 0) is 5.92 Å². The van der Waals surface area contributed by atoms with E-state index in [4.69, 9.17) is 5.73 Å². The maximum atomic E-state index is 12.5. The Morgan fingerprint density at radius 3 is 2.60 bits per heavy atom. The number of aromatic nitrogens is 3. The summed E-state index contributed by atoms with van der Waals surface area (Å²) in [6.45, 7) is 2.15. The summed E-state index contributed by atoms with van der Waals surface area (Å²) in [7, 11) is 0. The zero-order chi connectivity index (χ0) is 15.3. The molecule has 1 amide bonds. The molecule has 1 aromatic rings. The highest BCUT2D eigenvalue weighted by Crippen LogP contribution is 2.17. The van der Waals surface area contributed by atoms with Crippen LogP contribution in [0.15, 0.2) is 6.20 Å². The minimum atomic E-state index is -4.42. The molecule has 1 heterocycles. The van der Waals surface area contributed by atoms with Crippen LogP contribution in [0, 0.1) is 5.92 Å². The predicted octanol–water partition coefficient (Wildman–Crippen LogP) is 0.784. The van der Waals surface area contributed by atoms with Gasteiger partial charge in [0.15, 0.2) is 0 Å². The standard InChI is InChI=1S/C11H18F3N5O/c1-8(2)4-18(7-11(12,13)14)10(20)6-19-5-9(3-15)16-17-19/h5,8H,3-4,6-7,15H2,1-2H3. The van der Waals surface area contributed by atoms with E-state index in [1.54, 1.807) is 13.8 Å². The van der Waals surface area contributed by atoms with Crippen LogP contribution in [0.2, 0.25) is 0 Å². The van der Waals surface area contributed by atoms with Gasteiger partial charge >= 0.3 is 6.18 Å². The number of carbonyl (C=O) groups excluding carboxylic acids is 1. The largest absolute Gasteiger partial charge is 0.406 e. The molecule has 0 saturated heterocycles. The molecule has 9 heteroatoms. The van der Waals surface area contributed by atoms with E-state index >= 15 is 0 Å². The average molecular weight is 293 g/mol. The zero-order valence-electron chi connectivity index (χ0n) is 11.4. The van der Waals surface area contributed by atoms with Crippen molar-refractivity contribution in [1.82, 2.24) is 19.9 Å². The lowest BCUT2D eigenvalue weighted by Gasteiger charge is -2.25. The van der Waals surface area contributed by atoms with Crippen molar-refractivity contribution in [3.8, 4) is 0 Å². The molecule has 0 aliphatic carbocycles. The smallest absolute Gasteiger partial charge is 0.332 e. The van der Waals surface area contributed by atoms with Crippen molar-refractivity contribution in [3.63, 3.8) is 0 Å². The first-order valence-corrected chi connectivity index (χ1v) is 6.15. The molecule has 1 rings (SSSR count). The monoisotopic (exact) mass is 293 g/mol. The van der Waals surface area contributed by atoms with Gasteiger partial charge in [0, 0.05) is 13.1 Å². The van der Waals surface area contributed by atoms with Gasteiger partial charge in [-0.2, -0.15) is 13.2 Å². The van der Waals surface area contributed by atoms with Gasteiger partial charge in [0.05, 0.1) is 11.9 Å². The highest BCUT2D eigenvalue weighted by Gasteiger charge is 2.33. The molecular weight excluding hydrogens is 275 g/mol. The summed E-state index contributed by atoms with van der Waals surface area (Å²) in [5, 5.41) is 7.32. The molecule has 0 bridgehead atoms. The third kappa shape index (κ3) is 5.55. The van der Waals surface area contributed by atoms with E-state index < -0.39 is 18.6 Å². The zero-order valence-corrected chi connectivity index (χ0v) is 11.4. The first kappa shape index (κ1) is 16.4. The van der Waals surface area contributed by atoms with Gasteiger partial charge in [0.1, 0.15) is 13.1 Å². The Bertz CT molecular complexity index is 444. The molecule has 0 aromatic carbocycles. The van der Waals surface area contributed by atoms with E-state index in [1.165, 1.54) is 10.9 Å². The molecule has 20 heavy (non-hydrogen) atoms.